The quantitative estimate of drug-likeness (QED) is 0.700. The van der Waals surface area contributed by atoms with E-state index in [-0.39, 0.29) is 5.91 Å². The highest BCUT2D eigenvalue weighted by Crippen LogP contribution is 2.17. The van der Waals surface area contributed by atoms with Gasteiger partial charge < -0.3 is 10.6 Å². The molecular weight excluding hydrogens is 216 g/mol. The molecule has 0 bridgehead atoms. The minimum atomic E-state index is -0.206. The summed E-state index contributed by atoms with van der Waals surface area (Å²) < 4.78 is 0. The van der Waals surface area contributed by atoms with Crippen LogP contribution in [0.5, 0.6) is 0 Å². The standard InChI is InChI=1S/C12H24N4O/c1-14-6-8-16(9-7-14)11-2-4-15(5-3-11)10-12(13)17/h11H,2-10H2,1H3,(H2,13,17). The fraction of sp³-hybridized carbons (Fsp3) is 0.917. The predicted molar refractivity (Wildman–Crippen MR) is 67.7 cm³/mol. The van der Waals surface area contributed by atoms with Gasteiger partial charge >= 0.3 is 0 Å². The highest BCUT2D eigenvalue weighted by atomic mass is 16.1. The summed E-state index contributed by atoms with van der Waals surface area (Å²) in [6, 6.07) is 0.716. The summed E-state index contributed by atoms with van der Waals surface area (Å²) in [6.07, 6.45) is 2.36. The maximum absolute atomic E-state index is 10.9. The highest BCUT2D eigenvalue weighted by Gasteiger charge is 2.26. The van der Waals surface area contributed by atoms with Gasteiger partial charge in [-0.2, -0.15) is 0 Å². The van der Waals surface area contributed by atoms with E-state index < -0.39 is 0 Å². The first-order chi connectivity index (χ1) is 8.15. The number of piperidine rings is 1. The summed E-state index contributed by atoms with van der Waals surface area (Å²) in [7, 11) is 2.19. The molecule has 98 valence electrons. The van der Waals surface area contributed by atoms with Crippen molar-refractivity contribution in [1.82, 2.24) is 14.7 Å². The third-order valence-electron chi connectivity index (χ3n) is 3.99. The Labute approximate surface area is 104 Å². The van der Waals surface area contributed by atoms with Gasteiger partial charge in [-0.1, -0.05) is 0 Å². The van der Waals surface area contributed by atoms with Crippen LogP contribution >= 0.6 is 0 Å². The normalized spacial score (nSPS) is 26.2. The molecule has 2 aliphatic rings. The first-order valence-corrected chi connectivity index (χ1v) is 6.58. The zero-order valence-electron chi connectivity index (χ0n) is 10.8. The maximum Gasteiger partial charge on any atom is 0.231 e. The Kier molecular flexibility index (Phi) is 4.36. The average Bonchev–Trinajstić information content (AvgIpc) is 2.30. The van der Waals surface area contributed by atoms with Crippen LogP contribution < -0.4 is 5.73 Å². The zero-order valence-corrected chi connectivity index (χ0v) is 10.8. The number of carbonyl (C=O) groups excluding carboxylic acids is 1. The van der Waals surface area contributed by atoms with Gasteiger partial charge in [0.05, 0.1) is 6.54 Å². The number of hydrogen-bond donors (Lipinski definition) is 1. The van der Waals surface area contributed by atoms with E-state index in [9.17, 15) is 4.79 Å². The number of rotatable bonds is 3. The van der Waals surface area contributed by atoms with Crippen LogP contribution in [0.2, 0.25) is 0 Å². The third kappa shape index (κ3) is 3.66. The average molecular weight is 240 g/mol. The molecule has 1 amide bonds. The molecule has 0 aromatic rings. The number of piperazine rings is 1. The predicted octanol–water partition coefficient (Wildman–Crippen LogP) is -0.816. The third-order valence-corrected chi connectivity index (χ3v) is 3.99. The lowest BCUT2D eigenvalue weighted by Gasteiger charge is -2.41. The van der Waals surface area contributed by atoms with Crippen molar-refractivity contribution in [2.24, 2.45) is 5.73 Å². The SMILES string of the molecule is CN1CCN(C2CCN(CC(N)=O)CC2)CC1. The van der Waals surface area contributed by atoms with Crippen LogP contribution in [-0.4, -0.2) is 79.5 Å². The molecule has 0 saturated carbocycles. The Morgan fingerprint density at radius 2 is 1.71 bits per heavy atom. The van der Waals surface area contributed by atoms with Crippen molar-refractivity contribution in [3.8, 4) is 0 Å². The van der Waals surface area contributed by atoms with Gasteiger partial charge in [0.1, 0.15) is 0 Å². The van der Waals surface area contributed by atoms with Gasteiger partial charge in [-0.3, -0.25) is 14.6 Å². The molecule has 0 aromatic carbocycles. The van der Waals surface area contributed by atoms with E-state index in [0.717, 1.165) is 13.1 Å². The lowest BCUT2D eigenvalue weighted by atomic mass is 10.0. The maximum atomic E-state index is 10.9. The van der Waals surface area contributed by atoms with Gasteiger partial charge in [0.25, 0.3) is 0 Å². The molecule has 2 fully saturated rings. The van der Waals surface area contributed by atoms with Crippen molar-refractivity contribution in [3.63, 3.8) is 0 Å². The Bertz CT molecular complexity index is 255. The van der Waals surface area contributed by atoms with Crippen LogP contribution in [0, 0.1) is 0 Å². The van der Waals surface area contributed by atoms with E-state index in [1.54, 1.807) is 0 Å². The lowest BCUT2D eigenvalue weighted by Crippen LogP contribution is -2.52. The van der Waals surface area contributed by atoms with Crippen molar-refractivity contribution in [1.29, 1.82) is 0 Å². The topological polar surface area (TPSA) is 52.8 Å². The van der Waals surface area contributed by atoms with E-state index in [0.29, 0.717) is 12.6 Å². The number of nitrogens with two attached hydrogens (primary N) is 1. The molecule has 0 unspecified atom stereocenters. The molecule has 2 heterocycles. The van der Waals surface area contributed by atoms with Crippen molar-refractivity contribution in [2.75, 3.05) is 52.9 Å². The van der Waals surface area contributed by atoms with Crippen LogP contribution in [0.1, 0.15) is 12.8 Å². The summed E-state index contributed by atoms with van der Waals surface area (Å²) in [5.41, 5.74) is 5.22. The molecule has 5 heteroatoms. The minimum Gasteiger partial charge on any atom is -0.369 e. The number of likely N-dealkylation sites (N-methyl/N-ethyl adjacent to an activating group) is 1. The Morgan fingerprint density at radius 3 is 2.24 bits per heavy atom. The van der Waals surface area contributed by atoms with E-state index in [2.05, 4.69) is 21.7 Å². The van der Waals surface area contributed by atoms with Crippen LogP contribution in [0.3, 0.4) is 0 Å². The Balaban J connectivity index is 1.73. The molecule has 0 aromatic heterocycles. The van der Waals surface area contributed by atoms with Gasteiger partial charge in [-0.15, -0.1) is 0 Å². The smallest absolute Gasteiger partial charge is 0.231 e. The molecule has 0 atom stereocenters. The summed E-state index contributed by atoms with van der Waals surface area (Å²) in [5, 5.41) is 0. The summed E-state index contributed by atoms with van der Waals surface area (Å²) in [4.78, 5) is 18.0. The second-order valence-corrected chi connectivity index (χ2v) is 5.31. The number of likely N-dealkylation sites (tertiary alicyclic amines) is 1. The van der Waals surface area contributed by atoms with Gasteiger partial charge in [-0.05, 0) is 19.9 Å². The second-order valence-electron chi connectivity index (χ2n) is 5.31. The molecule has 2 aliphatic heterocycles. The molecule has 5 nitrogen and oxygen atoms in total. The highest BCUT2D eigenvalue weighted by molar-refractivity contribution is 5.75. The molecule has 0 aliphatic carbocycles. The van der Waals surface area contributed by atoms with Crippen LogP contribution in [0.15, 0.2) is 0 Å². The van der Waals surface area contributed by atoms with Gasteiger partial charge in [-0.25, -0.2) is 0 Å². The number of primary amides is 1. The van der Waals surface area contributed by atoms with Gasteiger partial charge in [0.2, 0.25) is 5.91 Å². The molecule has 0 spiro atoms. The van der Waals surface area contributed by atoms with Crippen LogP contribution in [0.4, 0.5) is 0 Å². The first-order valence-electron chi connectivity index (χ1n) is 6.58. The van der Waals surface area contributed by atoms with E-state index >= 15 is 0 Å². The zero-order chi connectivity index (χ0) is 12.3. The molecule has 0 radical (unpaired) electrons. The van der Waals surface area contributed by atoms with E-state index in [4.69, 9.17) is 5.73 Å². The van der Waals surface area contributed by atoms with E-state index in [1.165, 1.54) is 39.0 Å². The monoisotopic (exact) mass is 240 g/mol. The largest absolute Gasteiger partial charge is 0.369 e. The minimum absolute atomic E-state index is 0.206. The molecule has 17 heavy (non-hydrogen) atoms. The van der Waals surface area contributed by atoms with Crippen molar-refractivity contribution in [3.05, 3.63) is 0 Å². The number of carbonyl (C=O) groups is 1. The van der Waals surface area contributed by atoms with Crippen molar-refractivity contribution < 1.29 is 4.79 Å². The number of hydrogen-bond acceptors (Lipinski definition) is 4. The molecule has 2 rings (SSSR count). The number of amides is 1. The second kappa shape index (κ2) is 5.80. The summed E-state index contributed by atoms with van der Waals surface area (Å²) in [5.74, 6) is -0.206. The Hall–Kier alpha value is -0.650. The van der Waals surface area contributed by atoms with Crippen molar-refractivity contribution in [2.45, 2.75) is 18.9 Å². The summed E-state index contributed by atoms with van der Waals surface area (Å²) >= 11 is 0. The fourth-order valence-corrected chi connectivity index (χ4v) is 2.85. The number of nitrogens with zero attached hydrogens (tertiary/aromatic N) is 3. The van der Waals surface area contributed by atoms with Gasteiger partial charge in [0, 0.05) is 45.3 Å². The molecule has 2 saturated heterocycles. The Morgan fingerprint density at radius 1 is 1.12 bits per heavy atom. The van der Waals surface area contributed by atoms with Crippen LogP contribution in [0.25, 0.3) is 0 Å². The molecule has 2 N–H and O–H groups in total. The van der Waals surface area contributed by atoms with E-state index in [1.807, 2.05) is 0 Å². The summed E-state index contributed by atoms with van der Waals surface area (Å²) in [6.45, 7) is 7.20. The van der Waals surface area contributed by atoms with Crippen LogP contribution in [-0.2, 0) is 4.79 Å². The fourth-order valence-electron chi connectivity index (χ4n) is 2.85. The van der Waals surface area contributed by atoms with Crippen molar-refractivity contribution >= 4 is 5.91 Å². The molecular formula is C12H24N4O. The first kappa shape index (κ1) is 12.8. The lowest BCUT2D eigenvalue weighted by molar-refractivity contribution is -0.119. The van der Waals surface area contributed by atoms with Gasteiger partial charge in [0.15, 0.2) is 0 Å².